The molecule has 7 heteroatoms. The van der Waals surface area contributed by atoms with E-state index in [2.05, 4.69) is 49.7 Å². The molecular weight excluding hydrogens is 321 g/mol. The number of aromatic nitrogens is 3. The number of hydrogen-bond acceptors (Lipinski definition) is 5. The molecular formula is C15H17Cl2N5. The van der Waals surface area contributed by atoms with Crippen LogP contribution in [-0.4, -0.2) is 39.2 Å². The molecule has 0 amide bonds. The Bertz CT molecular complexity index is 623. The molecule has 1 saturated heterocycles. The molecule has 1 aliphatic rings. The molecule has 2 heterocycles. The van der Waals surface area contributed by atoms with Crippen molar-refractivity contribution in [2.24, 2.45) is 0 Å². The third-order valence-corrected chi connectivity index (χ3v) is 4.13. The minimum Gasteiger partial charge on any atom is -0.363 e. The number of nitrogens with zero attached hydrogens (tertiary/aromatic N) is 4. The van der Waals surface area contributed by atoms with Gasteiger partial charge in [0.15, 0.2) is 11.0 Å². The van der Waals surface area contributed by atoms with E-state index in [0.29, 0.717) is 5.82 Å². The maximum absolute atomic E-state index is 6.01. The van der Waals surface area contributed by atoms with Crippen LogP contribution >= 0.6 is 23.2 Å². The number of rotatable bonds is 4. The lowest BCUT2D eigenvalue weighted by Crippen LogP contribution is -2.41. The Kier molecular flexibility index (Phi) is 5.08. The topological polar surface area (TPSA) is 53.9 Å². The van der Waals surface area contributed by atoms with Gasteiger partial charge in [-0.25, -0.2) is 0 Å². The van der Waals surface area contributed by atoms with Crippen LogP contribution in [0.3, 0.4) is 0 Å². The SMILES string of the molecule is Clc1nnc(Cl)c(NC2CCCN(Cc3ccccc3)C2)n1. The minimum absolute atomic E-state index is 0.101. The largest absolute Gasteiger partial charge is 0.363 e. The molecule has 0 radical (unpaired) electrons. The van der Waals surface area contributed by atoms with Crippen molar-refractivity contribution in [1.29, 1.82) is 0 Å². The van der Waals surface area contributed by atoms with E-state index in [1.54, 1.807) is 0 Å². The van der Waals surface area contributed by atoms with E-state index in [4.69, 9.17) is 23.2 Å². The lowest BCUT2D eigenvalue weighted by atomic mass is 10.0. The smallest absolute Gasteiger partial charge is 0.245 e. The second-order valence-corrected chi connectivity index (χ2v) is 6.12. The summed E-state index contributed by atoms with van der Waals surface area (Å²) in [6.07, 6.45) is 2.21. The van der Waals surface area contributed by atoms with Crippen molar-refractivity contribution in [2.75, 3.05) is 18.4 Å². The first-order chi connectivity index (χ1) is 10.7. The van der Waals surface area contributed by atoms with E-state index in [0.717, 1.165) is 32.5 Å². The number of piperidine rings is 1. The maximum Gasteiger partial charge on any atom is 0.245 e. The van der Waals surface area contributed by atoms with Crippen LogP contribution in [0.5, 0.6) is 0 Å². The first-order valence-electron chi connectivity index (χ1n) is 7.29. The van der Waals surface area contributed by atoms with Crippen molar-refractivity contribution < 1.29 is 0 Å². The fourth-order valence-electron chi connectivity index (χ4n) is 2.74. The Morgan fingerprint density at radius 3 is 2.82 bits per heavy atom. The molecule has 1 aromatic heterocycles. The molecule has 1 fully saturated rings. The molecule has 0 spiro atoms. The molecule has 1 aromatic carbocycles. The summed E-state index contributed by atoms with van der Waals surface area (Å²) in [6.45, 7) is 2.99. The van der Waals surface area contributed by atoms with Crippen molar-refractivity contribution in [3.8, 4) is 0 Å². The van der Waals surface area contributed by atoms with Crippen molar-refractivity contribution in [3.05, 3.63) is 46.3 Å². The number of nitrogens with one attached hydrogen (secondary N) is 1. The average molecular weight is 338 g/mol. The van der Waals surface area contributed by atoms with Gasteiger partial charge in [-0.15, -0.1) is 10.2 Å². The molecule has 0 aliphatic carbocycles. The van der Waals surface area contributed by atoms with Gasteiger partial charge >= 0.3 is 0 Å². The summed E-state index contributed by atoms with van der Waals surface area (Å²) in [5.41, 5.74) is 1.33. The quantitative estimate of drug-likeness (QED) is 0.927. The predicted molar refractivity (Wildman–Crippen MR) is 88.2 cm³/mol. The molecule has 0 bridgehead atoms. The minimum atomic E-state index is 0.101. The van der Waals surface area contributed by atoms with Crippen LogP contribution in [0.25, 0.3) is 0 Å². The lowest BCUT2D eigenvalue weighted by Gasteiger charge is -2.33. The van der Waals surface area contributed by atoms with E-state index >= 15 is 0 Å². The number of anilines is 1. The summed E-state index contributed by atoms with van der Waals surface area (Å²) in [5.74, 6) is 0.508. The van der Waals surface area contributed by atoms with E-state index in [-0.39, 0.29) is 16.5 Å². The van der Waals surface area contributed by atoms with Gasteiger partial charge in [0.2, 0.25) is 5.28 Å². The molecule has 116 valence electrons. The van der Waals surface area contributed by atoms with Crippen molar-refractivity contribution in [2.45, 2.75) is 25.4 Å². The van der Waals surface area contributed by atoms with Crippen molar-refractivity contribution >= 4 is 29.0 Å². The van der Waals surface area contributed by atoms with E-state index < -0.39 is 0 Å². The van der Waals surface area contributed by atoms with Crippen LogP contribution in [0.15, 0.2) is 30.3 Å². The number of hydrogen-bond donors (Lipinski definition) is 1. The zero-order chi connectivity index (χ0) is 15.4. The van der Waals surface area contributed by atoms with E-state index in [9.17, 15) is 0 Å². The summed E-state index contributed by atoms with van der Waals surface area (Å²) in [6, 6.07) is 10.8. The molecule has 1 N–H and O–H groups in total. The molecule has 1 atom stereocenters. The molecule has 3 rings (SSSR count). The van der Waals surface area contributed by atoms with Gasteiger partial charge < -0.3 is 5.32 Å². The van der Waals surface area contributed by atoms with Crippen molar-refractivity contribution in [1.82, 2.24) is 20.1 Å². The van der Waals surface area contributed by atoms with Crippen LogP contribution < -0.4 is 5.32 Å². The van der Waals surface area contributed by atoms with Crippen LogP contribution in [0, 0.1) is 0 Å². The second-order valence-electron chi connectivity index (χ2n) is 5.42. The second kappa shape index (κ2) is 7.22. The number of likely N-dealkylation sites (tertiary alicyclic amines) is 1. The van der Waals surface area contributed by atoms with Gasteiger partial charge in [-0.05, 0) is 36.6 Å². The molecule has 1 unspecified atom stereocenters. The summed E-state index contributed by atoms with van der Waals surface area (Å²) in [4.78, 5) is 6.54. The number of halogens is 2. The van der Waals surface area contributed by atoms with Gasteiger partial charge in [-0.1, -0.05) is 41.9 Å². The Labute approximate surface area is 139 Å². The summed E-state index contributed by atoms with van der Waals surface area (Å²) >= 11 is 11.8. The fraction of sp³-hybridized carbons (Fsp3) is 0.400. The first kappa shape index (κ1) is 15.5. The third kappa shape index (κ3) is 4.06. The monoisotopic (exact) mass is 337 g/mol. The van der Waals surface area contributed by atoms with Crippen LogP contribution in [0.4, 0.5) is 5.82 Å². The Morgan fingerprint density at radius 1 is 1.18 bits per heavy atom. The average Bonchev–Trinajstić information content (AvgIpc) is 2.52. The van der Waals surface area contributed by atoms with Gasteiger partial charge in [0.25, 0.3) is 0 Å². The summed E-state index contributed by atoms with van der Waals surface area (Å²) < 4.78 is 0. The Hall–Kier alpha value is -1.43. The first-order valence-corrected chi connectivity index (χ1v) is 8.05. The van der Waals surface area contributed by atoms with Gasteiger partial charge in [0, 0.05) is 19.1 Å². The Morgan fingerprint density at radius 2 is 2.00 bits per heavy atom. The summed E-state index contributed by atoms with van der Waals surface area (Å²) in [7, 11) is 0. The zero-order valence-electron chi connectivity index (χ0n) is 12.0. The van der Waals surface area contributed by atoms with Gasteiger partial charge in [-0.2, -0.15) is 4.98 Å². The van der Waals surface area contributed by atoms with Gasteiger partial charge in [-0.3, -0.25) is 4.90 Å². The third-order valence-electron chi connectivity index (χ3n) is 3.72. The molecule has 22 heavy (non-hydrogen) atoms. The molecule has 5 nitrogen and oxygen atoms in total. The predicted octanol–water partition coefficient (Wildman–Crippen LogP) is 3.25. The standard InChI is InChI=1S/C15H17Cl2N5/c16-13-14(19-15(17)21-20-13)18-12-7-4-8-22(10-12)9-11-5-2-1-3-6-11/h1-3,5-6,12H,4,7-10H2,(H,18,19,21). The van der Waals surface area contributed by atoms with Gasteiger partial charge in [0.1, 0.15) is 0 Å². The highest BCUT2D eigenvalue weighted by Crippen LogP contribution is 2.21. The summed E-state index contributed by atoms with van der Waals surface area (Å²) in [5, 5.41) is 11.1. The fourth-order valence-corrected chi connectivity index (χ4v) is 2.99. The van der Waals surface area contributed by atoms with Gasteiger partial charge in [0.05, 0.1) is 0 Å². The number of benzene rings is 1. The van der Waals surface area contributed by atoms with Crippen LogP contribution in [-0.2, 0) is 6.54 Å². The maximum atomic E-state index is 6.01. The van der Waals surface area contributed by atoms with E-state index in [1.807, 2.05) is 6.07 Å². The molecule has 0 saturated carbocycles. The highest BCUT2D eigenvalue weighted by atomic mass is 35.5. The van der Waals surface area contributed by atoms with E-state index in [1.165, 1.54) is 5.56 Å². The van der Waals surface area contributed by atoms with Crippen LogP contribution in [0.2, 0.25) is 10.4 Å². The lowest BCUT2D eigenvalue weighted by molar-refractivity contribution is 0.208. The zero-order valence-corrected chi connectivity index (χ0v) is 13.6. The molecule has 2 aromatic rings. The Balaban J connectivity index is 1.62. The normalized spacial score (nSPS) is 19.1. The molecule has 1 aliphatic heterocycles. The van der Waals surface area contributed by atoms with Crippen LogP contribution in [0.1, 0.15) is 18.4 Å². The highest BCUT2D eigenvalue weighted by Gasteiger charge is 2.21. The highest BCUT2D eigenvalue weighted by molar-refractivity contribution is 6.32. The van der Waals surface area contributed by atoms with Crippen molar-refractivity contribution in [3.63, 3.8) is 0 Å².